The topological polar surface area (TPSA) is 17.1 Å². The van der Waals surface area contributed by atoms with Gasteiger partial charge in [0.25, 0.3) is 0 Å². The van der Waals surface area contributed by atoms with Crippen molar-refractivity contribution < 1.29 is 18.0 Å². The fourth-order valence-corrected chi connectivity index (χ4v) is 0.699. The highest BCUT2D eigenvalue weighted by molar-refractivity contribution is 5.50. The first kappa shape index (κ1) is 10.5. The highest BCUT2D eigenvalue weighted by Gasteiger charge is 2.25. The van der Waals surface area contributed by atoms with Crippen molar-refractivity contribution in [3.05, 3.63) is 0 Å². The molecule has 0 aliphatic carbocycles. The fourth-order valence-electron chi connectivity index (χ4n) is 0.699. The quantitative estimate of drug-likeness (QED) is 0.575. The standard InChI is InChI=1S/C7H10F3O/c8-7(9,10)5-3-1-2-4-6-11/h1-5H2. The van der Waals surface area contributed by atoms with E-state index >= 15 is 0 Å². The van der Waals surface area contributed by atoms with E-state index in [-0.39, 0.29) is 12.8 Å². The Balaban J connectivity index is 3.08. The average Bonchev–Trinajstić information content (AvgIpc) is 1.85. The number of hydrogen-bond donors (Lipinski definition) is 0. The summed E-state index contributed by atoms with van der Waals surface area (Å²) >= 11 is 0. The van der Waals surface area contributed by atoms with Gasteiger partial charge in [-0.25, -0.2) is 0 Å². The minimum Gasteiger partial charge on any atom is -0.291 e. The lowest BCUT2D eigenvalue weighted by molar-refractivity contribution is -0.135. The molecule has 0 aromatic carbocycles. The largest absolute Gasteiger partial charge is 0.389 e. The predicted molar refractivity (Wildman–Crippen MR) is 34.8 cm³/mol. The summed E-state index contributed by atoms with van der Waals surface area (Å²) in [6, 6.07) is 0. The average molecular weight is 167 g/mol. The molecule has 11 heavy (non-hydrogen) atoms. The third-order valence-electron chi connectivity index (χ3n) is 1.24. The van der Waals surface area contributed by atoms with Gasteiger partial charge in [0.05, 0.1) is 0 Å². The molecule has 0 saturated carbocycles. The molecule has 0 saturated heterocycles. The normalized spacial score (nSPS) is 11.5. The Kier molecular flexibility index (Phi) is 4.90. The van der Waals surface area contributed by atoms with Crippen LogP contribution in [0.2, 0.25) is 0 Å². The number of halogens is 3. The lowest BCUT2D eigenvalue weighted by Crippen LogP contribution is -2.06. The maximum absolute atomic E-state index is 11.5. The van der Waals surface area contributed by atoms with Crippen molar-refractivity contribution in [1.29, 1.82) is 0 Å². The molecule has 4 heteroatoms. The van der Waals surface area contributed by atoms with Gasteiger partial charge in [0.15, 0.2) is 6.29 Å². The first-order chi connectivity index (χ1) is 5.06. The molecule has 1 nitrogen and oxygen atoms in total. The van der Waals surface area contributed by atoms with Crippen LogP contribution in [0.15, 0.2) is 0 Å². The monoisotopic (exact) mass is 167 g/mol. The van der Waals surface area contributed by atoms with Gasteiger partial charge in [-0.05, 0) is 12.8 Å². The summed E-state index contributed by atoms with van der Waals surface area (Å²) in [5.41, 5.74) is 0. The molecular weight excluding hydrogens is 157 g/mol. The first-order valence-electron chi connectivity index (χ1n) is 3.48. The van der Waals surface area contributed by atoms with Crippen LogP contribution in [0.3, 0.4) is 0 Å². The van der Waals surface area contributed by atoms with Gasteiger partial charge in [0.2, 0.25) is 0 Å². The van der Waals surface area contributed by atoms with Crippen LogP contribution < -0.4 is 0 Å². The first-order valence-corrected chi connectivity index (χ1v) is 3.48. The molecule has 65 valence electrons. The summed E-state index contributed by atoms with van der Waals surface area (Å²) < 4.78 is 34.5. The summed E-state index contributed by atoms with van der Waals surface area (Å²) in [7, 11) is 0. The van der Waals surface area contributed by atoms with Gasteiger partial charge in [-0.3, -0.25) is 4.79 Å². The molecule has 0 atom stereocenters. The van der Waals surface area contributed by atoms with Crippen LogP contribution in [-0.4, -0.2) is 12.5 Å². The van der Waals surface area contributed by atoms with Crippen LogP contribution in [0.1, 0.15) is 32.1 Å². The van der Waals surface area contributed by atoms with E-state index in [1.54, 1.807) is 6.29 Å². The van der Waals surface area contributed by atoms with Gasteiger partial charge >= 0.3 is 6.18 Å². The smallest absolute Gasteiger partial charge is 0.291 e. The molecular formula is C7H10F3O. The van der Waals surface area contributed by atoms with Crippen molar-refractivity contribution in [2.75, 3.05) is 0 Å². The molecule has 1 radical (unpaired) electrons. The Hall–Kier alpha value is -0.540. The van der Waals surface area contributed by atoms with E-state index in [0.29, 0.717) is 12.8 Å². The van der Waals surface area contributed by atoms with Crippen LogP contribution in [0.4, 0.5) is 13.2 Å². The van der Waals surface area contributed by atoms with Gasteiger partial charge in [0, 0.05) is 12.8 Å². The molecule has 0 spiro atoms. The fraction of sp³-hybridized carbons (Fsp3) is 0.857. The second kappa shape index (κ2) is 5.16. The van der Waals surface area contributed by atoms with E-state index in [0.717, 1.165) is 0 Å². The minimum atomic E-state index is -4.05. The zero-order valence-electron chi connectivity index (χ0n) is 6.08. The summed E-state index contributed by atoms with van der Waals surface area (Å²) in [6.45, 7) is 0. The molecule has 0 rings (SSSR count). The third-order valence-corrected chi connectivity index (χ3v) is 1.24. The van der Waals surface area contributed by atoms with E-state index < -0.39 is 12.6 Å². The van der Waals surface area contributed by atoms with Crippen LogP contribution in [0.5, 0.6) is 0 Å². The highest BCUT2D eigenvalue weighted by atomic mass is 19.4. The van der Waals surface area contributed by atoms with Crippen LogP contribution in [0.25, 0.3) is 0 Å². The van der Waals surface area contributed by atoms with Crippen molar-refractivity contribution in [2.24, 2.45) is 0 Å². The Morgan fingerprint density at radius 3 is 2.18 bits per heavy atom. The highest BCUT2D eigenvalue weighted by Crippen LogP contribution is 2.22. The molecule has 0 unspecified atom stereocenters. The van der Waals surface area contributed by atoms with Crippen molar-refractivity contribution in [2.45, 2.75) is 38.3 Å². The maximum atomic E-state index is 11.5. The lowest BCUT2D eigenvalue weighted by Gasteiger charge is -2.03. The molecule has 0 aromatic heterocycles. The van der Waals surface area contributed by atoms with E-state index in [1.165, 1.54) is 0 Å². The molecule has 0 aliphatic heterocycles. The van der Waals surface area contributed by atoms with Gasteiger partial charge in [0.1, 0.15) is 0 Å². The van der Waals surface area contributed by atoms with Gasteiger partial charge in [-0.2, -0.15) is 13.2 Å². The number of alkyl halides is 3. The number of unbranched alkanes of at least 4 members (excludes halogenated alkanes) is 3. The van der Waals surface area contributed by atoms with Crippen molar-refractivity contribution in [3.63, 3.8) is 0 Å². The Bertz CT molecular complexity index is 109. The second-order valence-electron chi connectivity index (χ2n) is 2.32. The number of rotatable bonds is 5. The Labute approximate surface area is 63.6 Å². The van der Waals surface area contributed by atoms with Gasteiger partial charge < -0.3 is 0 Å². The van der Waals surface area contributed by atoms with Gasteiger partial charge in [-0.1, -0.05) is 6.42 Å². The molecule has 0 bridgehead atoms. The summed E-state index contributed by atoms with van der Waals surface area (Å²) in [6.07, 6.45) is -1.83. The van der Waals surface area contributed by atoms with E-state index in [2.05, 4.69) is 0 Å². The van der Waals surface area contributed by atoms with Gasteiger partial charge in [-0.15, -0.1) is 0 Å². The molecule has 0 amide bonds. The van der Waals surface area contributed by atoms with Crippen molar-refractivity contribution in [1.82, 2.24) is 0 Å². The summed E-state index contributed by atoms with van der Waals surface area (Å²) in [5.74, 6) is 0. The SMILES string of the molecule is O=[C]CCCCCC(F)(F)F. The molecule has 0 fully saturated rings. The lowest BCUT2D eigenvalue weighted by atomic mass is 10.1. The molecule has 0 N–H and O–H groups in total. The second-order valence-corrected chi connectivity index (χ2v) is 2.32. The van der Waals surface area contributed by atoms with E-state index in [1.807, 2.05) is 0 Å². The van der Waals surface area contributed by atoms with Crippen LogP contribution >= 0.6 is 0 Å². The Morgan fingerprint density at radius 1 is 1.09 bits per heavy atom. The number of hydrogen-bond acceptors (Lipinski definition) is 1. The van der Waals surface area contributed by atoms with Crippen LogP contribution in [-0.2, 0) is 4.79 Å². The number of carbonyl (C=O) groups excluding carboxylic acids is 1. The summed E-state index contributed by atoms with van der Waals surface area (Å²) in [4.78, 5) is 9.62. The Morgan fingerprint density at radius 2 is 1.73 bits per heavy atom. The summed E-state index contributed by atoms with van der Waals surface area (Å²) in [5, 5.41) is 0. The maximum Gasteiger partial charge on any atom is 0.389 e. The van der Waals surface area contributed by atoms with E-state index in [9.17, 15) is 18.0 Å². The minimum absolute atomic E-state index is 0.116. The van der Waals surface area contributed by atoms with Crippen molar-refractivity contribution in [3.8, 4) is 0 Å². The molecule has 0 aromatic rings. The zero-order chi connectivity index (χ0) is 8.74. The third kappa shape index (κ3) is 9.46. The van der Waals surface area contributed by atoms with Crippen LogP contribution in [0, 0.1) is 0 Å². The zero-order valence-corrected chi connectivity index (χ0v) is 6.08. The molecule has 0 heterocycles. The van der Waals surface area contributed by atoms with Crippen molar-refractivity contribution >= 4 is 6.29 Å². The molecule has 0 aliphatic rings. The predicted octanol–water partition coefficient (Wildman–Crippen LogP) is 2.61. The van der Waals surface area contributed by atoms with E-state index in [4.69, 9.17) is 0 Å².